The third-order valence-electron chi connectivity index (χ3n) is 4.51. The molecule has 2 rings (SSSR count). The lowest BCUT2D eigenvalue weighted by Crippen LogP contribution is -2.33. The van der Waals surface area contributed by atoms with Crippen molar-refractivity contribution in [2.75, 3.05) is 6.54 Å². The van der Waals surface area contributed by atoms with Crippen molar-refractivity contribution in [2.24, 2.45) is 5.92 Å². The fraction of sp³-hybridized carbons (Fsp3) is 0.667. The van der Waals surface area contributed by atoms with Crippen LogP contribution in [0.4, 0.5) is 0 Å². The molecule has 1 N–H and O–H groups in total. The van der Waals surface area contributed by atoms with E-state index >= 15 is 0 Å². The number of nitrogens with one attached hydrogen (secondary N) is 1. The van der Waals surface area contributed by atoms with Gasteiger partial charge in [0.1, 0.15) is 0 Å². The number of halogens is 1. The molecular weight excluding hydrogens is 266 g/mol. The minimum absolute atomic E-state index is 0.572. The molecule has 1 aliphatic rings. The predicted octanol–water partition coefficient (Wildman–Crippen LogP) is 5.22. The monoisotopic (exact) mass is 293 g/mol. The van der Waals surface area contributed by atoms with E-state index in [2.05, 4.69) is 24.4 Å². The Bertz CT molecular complexity index is 383. The van der Waals surface area contributed by atoms with Crippen LogP contribution in [-0.4, -0.2) is 12.6 Å². The van der Waals surface area contributed by atoms with Gasteiger partial charge in [-0.1, -0.05) is 75.2 Å². The zero-order valence-electron chi connectivity index (χ0n) is 12.7. The van der Waals surface area contributed by atoms with Crippen LogP contribution in [0.1, 0.15) is 57.4 Å². The van der Waals surface area contributed by atoms with Gasteiger partial charge in [0.05, 0.1) is 0 Å². The first-order chi connectivity index (χ1) is 9.79. The number of benzene rings is 1. The third kappa shape index (κ3) is 5.10. The molecule has 0 bridgehead atoms. The van der Waals surface area contributed by atoms with Crippen molar-refractivity contribution in [3.8, 4) is 0 Å². The fourth-order valence-electron chi connectivity index (χ4n) is 3.46. The number of hydrogen-bond acceptors (Lipinski definition) is 1. The number of likely N-dealkylation sites (N-methyl/N-ethyl adjacent to an activating group) is 1. The predicted molar refractivity (Wildman–Crippen MR) is 88.4 cm³/mol. The topological polar surface area (TPSA) is 12.0 Å². The molecule has 1 nitrogen and oxygen atoms in total. The van der Waals surface area contributed by atoms with Crippen LogP contribution in [0.5, 0.6) is 0 Å². The molecule has 112 valence electrons. The highest BCUT2D eigenvalue weighted by atomic mass is 35.5. The Morgan fingerprint density at radius 2 is 1.85 bits per heavy atom. The van der Waals surface area contributed by atoms with E-state index in [-0.39, 0.29) is 0 Å². The summed E-state index contributed by atoms with van der Waals surface area (Å²) in [5, 5.41) is 4.58. The summed E-state index contributed by atoms with van der Waals surface area (Å²) in [6.07, 6.45) is 10.9. The molecule has 1 fully saturated rings. The summed E-state index contributed by atoms with van der Waals surface area (Å²) < 4.78 is 0. The molecule has 1 unspecified atom stereocenters. The zero-order valence-corrected chi connectivity index (χ0v) is 13.5. The van der Waals surface area contributed by atoms with Gasteiger partial charge in [-0.25, -0.2) is 0 Å². The largest absolute Gasteiger partial charge is 0.314 e. The molecule has 1 saturated carbocycles. The first-order valence-electron chi connectivity index (χ1n) is 8.26. The molecule has 0 aromatic heterocycles. The quantitative estimate of drug-likeness (QED) is 0.709. The highest BCUT2D eigenvalue weighted by Crippen LogP contribution is 2.28. The van der Waals surface area contributed by atoms with Crippen LogP contribution < -0.4 is 5.32 Å². The third-order valence-corrected chi connectivity index (χ3v) is 4.88. The molecule has 0 amide bonds. The van der Waals surface area contributed by atoms with Crippen molar-refractivity contribution < 1.29 is 0 Å². The molecule has 1 atom stereocenters. The van der Waals surface area contributed by atoms with Gasteiger partial charge in [-0.15, -0.1) is 0 Å². The Balaban J connectivity index is 1.94. The normalized spacial score (nSPS) is 18.7. The maximum Gasteiger partial charge on any atom is 0.0438 e. The summed E-state index contributed by atoms with van der Waals surface area (Å²) in [5.41, 5.74) is 1.29. The molecule has 2 heteroatoms. The first kappa shape index (κ1) is 15.9. The second-order valence-electron chi connectivity index (χ2n) is 6.14. The van der Waals surface area contributed by atoms with Gasteiger partial charge >= 0.3 is 0 Å². The van der Waals surface area contributed by atoms with Crippen LogP contribution in [-0.2, 0) is 6.42 Å². The highest BCUT2D eigenvalue weighted by Gasteiger charge is 2.18. The van der Waals surface area contributed by atoms with Gasteiger partial charge in [0, 0.05) is 11.1 Å². The lowest BCUT2D eigenvalue weighted by atomic mass is 9.90. The van der Waals surface area contributed by atoms with Gasteiger partial charge in [0.15, 0.2) is 0 Å². The number of hydrogen-bond donors (Lipinski definition) is 1. The molecule has 0 radical (unpaired) electrons. The van der Waals surface area contributed by atoms with E-state index < -0.39 is 0 Å². The molecular formula is C18H28ClN. The maximum absolute atomic E-state index is 6.31. The number of rotatable bonds is 6. The molecule has 0 aliphatic heterocycles. The van der Waals surface area contributed by atoms with E-state index in [1.807, 2.05) is 12.1 Å². The van der Waals surface area contributed by atoms with E-state index in [0.29, 0.717) is 6.04 Å². The molecule has 1 aliphatic carbocycles. The smallest absolute Gasteiger partial charge is 0.0438 e. The van der Waals surface area contributed by atoms with Crippen molar-refractivity contribution in [1.82, 2.24) is 5.32 Å². The summed E-state index contributed by atoms with van der Waals surface area (Å²) in [5.74, 6) is 0.907. The van der Waals surface area contributed by atoms with Gasteiger partial charge in [-0.05, 0) is 36.9 Å². The summed E-state index contributed by atoms with van der Waals surface area (Å²) >= 11 is 6.31. The lowest BCUT2D eigenvalue weighted by Gasteiger charge is -2.24. The minimum atomic E-state index is 0.572. The second kappa shape index (κ2) is 8.69. The first-order valence-corrected chi connectivity index (χ1v) is 8.64. The molecule has 0 spiro atoms. The average Bonchev–Trinajstić information content (AvgIpc) is 2.70. The van der Waals surface area contributed by atoms with Crippen LogP contribution in [0.25, 0.3) is 0 Å². The van der Waals surface area contributed by atoms with E-state index in [1.165, 1.54) is 50.5 Å². The minimum Gasteiger partial charge on any atom is -0.314 e. The zero-order chi connectivity index (χ0) is 14.2. The summed E-state index contributed by atoms with van der Waals surface area (Å²) in [7, 11) is 0. The Morgan fingerprint density at radius 1 is 1.15 bits per heavy atom. The summed E-state index contributed by atoms with van der Waals surface area (Å²) in [6.45, 7) is 3.24. The Labute approximate surface area is 129 Å². The fourth-order valence-corrected chi connectivity index (χ4v) is 3.67. The van der Waals surface area contributed by atoms with Crippen molar-refractivity contribution in [2.45, 2.75) is 64.3 Å². The van der Waals surface area contributed by atoms with Crippen molar-refractivity contribution in [1.29, 1.82) is 0 Å². The van der Waals surface area contributed by atoms with Crippen LogP contribution in [0.3, 0.4) is 0 Å². The van der Waals surface area contributed by atoms with Crippen LogP contribution in [0.15, 0.2) is 24.3 Å². The van der Waals surface area contributed by atoms with Gasteiger partial charge in [-0.3, -0.25) is 0 Å². The van der Waals surface area contributed by atoms with E-state index in [4.69, 9.17) is 11.6 Å². The van der Waals surface area contributed by atoms with Crippen molar-refractivity contribution in [3.63, 3.8) is 0 Å². The van der Waals surface area contributed by atoms with E-state index in [9.17, 15) is 0 Å². The van der Waals surface area contributed by atoms with Crippen molar-refractivity contribution in [3.05, 3.63) is 34.9 Å². The van der Waals surface area contributed by atoms with Gasteiger partial charge in [-0.2, -0.15) is 0 Å². The van der Waals surface area contributed by atoms with Gasteiger partial charge < -0.3 is 5.32 Å². The molecule has 20 heavy (non-hydrogen) atoms. The Hall–Kier alpha value is -0.530. The molecule has 0 heterocycles. The summed E-state index contributed by atoms with van der Waals surface area (Å²) in [4.78, 5) is 0. The van der Waals surface area contributed by atoms with Crippen LogP contribution in [0.2, 0.25) is 5.02 Å². The van der Waals surface area contributed by atoms with E-state index in [0.717, 1.165) is 23.9 Å². The lowest BCUT2D eigenvalue weighted by molar-refractivity contribution is 0.353. The van der Waals surface area contributed by atoms with Gasteiger partial charge in [0.2, 0.25) is 0 Å². The molecule has 0 saturated heterocycles. The Morgan fingerprint density at radius 3 is 2.50 bits per heavy atom. The van der Waals surface area contributed by atoms with Crippen molar-refractivity contribution >= 4 is 11.6 Å². The Kier molecular flexibility index (Phi) is 6.89. The average molecular weight is 294 g/mol. The molecule has 1 aromatic carbocycles. The van der Waals surface area contributed by atoms with Gasteiger partial charge in [0.25, 0.3) is 0 Å². The highest BCUT2D eigenvalue weighted by molar-refractivity contribution is 6.31. The summed E-state index contributed by atoms with van der Waals surface area (Å²) in [6, 6.07) is 8.85. The van der Waals surface area contributed by atoms with E-state index in [1.54, 1.807) is 0 Å². The van der Waals surface area contributed by atoms with Crippen LogP contribution in [0, 0.1) is 5.92 Å². The van der Waals surface area contributed by atoms with Crippen LogP contribution >= 0.6 is 11.6 Å². The second-order valence-corrected chi connectivity index (χ2v) is 6.55. The maximum atomic E-state index is 6.31. The standard InChI is InChI=1S/C18H28ClN/c1-2-20-17(13-15-9-5-3-4-6-10-15)14-16-11-7-8-12-18(16)19/h7-8,11-12,15,17,20H,2-6,9-10,13-14H2,1H3. The molecule has 1 aromatic rings. The SMILES string of the molecule is CCNC(Cc1ccccc1Cl)CC1CCCCCC1.